The van der Waals surface area contributed by atoms with Gasteiger partial charge in [-0.15, -0.1) is 0 Å². The van der Waals surface area contributed by atoms with Crippen LogP contribution < -0.4 is 0 Å². The predicted octanol–water partition coefficient (Wildman–Crippen LogP) is 14.6. The van der Waals surface area contributed by atoms with Gasteiger partial charge in [-0.3, -0.25) is 4.98 Å². The first-order valence-corrected chi connectivity index (χ1v) is 20.0. The molecular weight excluding hydrogens is 703 g/mol. The van der Waals surface area contributed by atoms with E-state index < -0.39 is 0 Å². The van der Waals surface area contributed by atoms with Gasteiger partial charge in [0.05, 0.1) is 27.8 Å². The fourth-order valence-electron chi connectivity index (χ4n) is 9.88. The van der Waals surface area contributed by atoms with Gasteiger partial charge in [0.1, 0.15) is 0 Å². The van der Waals surface area contributed by atoms with Crippen LogP contribution in [0.2, 0.25) is 0 Å². The molecule has 0 bridgehead atoms. The van der Waals surface area contributed by atoms with Crippen molar-refractivity contribution in [2.45, 2.75) is 0 Å². The summed E-state index contributed by atoms with van der Waals surface area (Å²) in [5.74, 6) is 0. The third kappa shape index (κ3) is 4.41. The van der Waals surface area contributed by atoms with Gasteiger partial charge in [-0.05, 0) is 105 Å². The van der Waals surface area contributed by atoms with Crippen molar-refractivity contribution in [1.29, 1.82) is 0 Å². The smallest absolute Gasteiger partial charge is 0.0787 e. The standard InChI is InChI=1S/C55H33N3/c1-2-16-40(17-3-1)57-49-23-9-8-20-43(49)46-30-36(24-26-50(46)57)37-25-27-51-47(31-37)48-29-34-12-4-5-13-35(34)32-52(48)58(51)41-18-10-14-38(28-41)55-54-45-21-7-6-19-42(45)44-22-11-15-39(33-56-55)53(44)54/h1-33H. The Balaban J connectivity index is 1.02. The Morgan fingerprint density at radius 1 is 0.328 bits per heavy atom. The highest BCUT2D eigenvalue weighted by atomic mass is 15.0. The van der Waals surface area contributed by atoms with E-state index in [4.69, 9.17) is 4.98 Å². The molecule has 0 spiro atoms. The first-order chi connectivity index (χ1) is 28.8. The Labute approximate surface area is 334 Å². The Hall–Kier alpha value is -7.75. The molecule has 1 aliphatic rings. The number of rotatable bonds is 4. The number of hydrogen-bond acceptors (Lipinski definition) is 1. The van der Waals surface area contributed by atoms with Gasteiger partial charge < -0.3 is 9.13 Å². The van der Waals surface area contributed by atoms with Crippen molar-refractivity contribution in [3.63, 3.8) is 0 Å². The number of para-hydroxylation sites is 2. The number of nitrogens with zero attached hydrogens (tertiary/aromatic N) is 3. The Morgan fingerprint density at radius 2 is 0.914 bits per heavy atom. The zero-order valence-electron chi connectivity index (χ0n) is 31.4. The third-order valence-electron chi connectivity index (χ3n) is 12.4. The minimum Gasteiger partial charge on any atom is -0.309 e. The average Bonchev–Trinajstić information content (AvgIpc) is 3.92. The Morgan fingerprint density at radius 3 is 1.74 bits per heavy atom. The number of fused-ring (bicyclic) bond motifs is 10. The monoisotopic (exact) mass is 735 g/mol. The molecule has 9 aromatic carbocycles. The van der Waals surface area contributed by atoms with Crippen molar-refractivity contribution < 1.29 is 0 Å². The topological polar surface area (TPSA) is 22.8 Å². The van der Waals surface area contributed by atoms with Crippen LogP contribution in [-0.2, 0) is 0 Å². The molecule has 0 radical (unpaired) electrons. The molecule has 1 aliphatic carbocycles. The van der Waals surface area contributed by atoms with Crippen LogP contribution in [0.15, 0.2) is 200 Å². The van der Waals surface area contributed by atoms with Crippen LogP contribution in [0.25, 0.3) is 121 Å². The molecule has 13 rings (SSSR count). The lowest BCUT2D eigenvalue weighted by molar-refractivity contribution is 1.18. The van der Waals surface area contributed by atoms with Gasteiger partial charge >= 0.3 is 0 Å². The highest BCUT2D eigenvalue weighted by Gasteiger charge is 2.25. The average molecular weight is 736 g/mol. The summed E-state index contributed by atoms with van der Waals surface area (Å²) < 4.78 is 4.82. The van der Waals surface area contributed by atoms with Crippen molar-refractivity contribution in [1.82, 2.24) is 14.1 Å². The lowest BCUT2D eigenvalue weighted by Gasteiger charge is -2.13. The van der Waals surface area contributed by atoms with Crippen molar-refractivity contribution >= 4 is 65.2 Å². The molecule has 0 unspecified atom stereocenters. The van der Waals surface area contributed by atoms with E-state index in [1.165, 1.54) is 104 Å². The van der Waals surface area contributed by atoms with Crippen LogP contribution in [0.4, 0.5) is 0 Å². The van der Waals surface area contributed by atoms with Gasteiger partial charge in [-0.25, -0.2) is 0 Å². The molecule has 0 aliphatic heterocycles. The van der Waals surface area contributed by atoms with Crippen LogP contribution in [0.5, 0.6) is 0 Å². The van der Waals surface area contributed by atoms with E-state index in [1.54, 1.807) is 0 Å². The molecule has 12 aromatic rings. The molecule has 268 valence electrons. The van der Waals surface area contributed by atoms with Gasteiger partial charge in [0, 0.05) is 61.0 Å². The second-order valence-corrected chi connectivity index (χ2v) is 15.6. The fourth-order valence-corrected chi connectivity index (χ4v) is 9.88. The zero-order chi connectivity index (χ0) is 37.9. The summed E-state index contributed by atoms with van der Waals surface area (Å²) in [7, 11) is 0. The minimum absolute atomic E-state index is 1.02. The molecule has 3 aromatic heterocycles. The van der Waals surface area contributed by atoms with E-state index in [2.05, 4.69) is 203 Å². The van der Waals surface area contributed by atoms with E-state index in [1.807, 2.05) is 6.20 Å². The molecule has 3 heteroatoms. The Bertz CT molecular complexity index is 3680. The lowest BCUT2D eigenvalue weighted by atomic mass is 9.98. The summed E-state index contributed by atoms with van der Waals surface area (Å²) in [4.78, 5) is 5.16. The molecule has 0 fully saturated rings. The SMILES string of the molecule is c1ccc(-n2c3ccccc3c3cc(-c4ccc5c(c4)c4cc6ccccc6cc4n5-c4cccc(-c5ncc6cccc7c6c5-c5ccccc5-7)c4)ccc32)cc1. The highest BCUT2D eigenvalue weighted by molar-refractivity contribution is 6.19. The van der Waals surface area contributed by atoms with E-state index in [0.717, 1.165) is 16.9 Å². The second-order valence-electron chi connectivity index (χ2n) is 15.6. The Kier molecular flexibility index (Phi) is 6.44. The van der Waals surface area contributed by atoms with Gasteiger partial charge in [0.25, 0.3) is 0 Å². The largest absolute Gasteiger partial charge is 0.309 e. The first-order valence-electron chi connectivity index (χ1n) is 20.0. The fraction of sp³-hybridized carbons (Fsp3) is 0. The minimum atomic E-state index is 1.02. The molecule has 0 saturated heterocycles. The number of pyridine rings is 1. The zero-order valence-corrected chi connectivity index (χ0v) is 31.4. The van der Waals surface area contributed by atoms with Crippen LogP contribution in [0.3, 0.4) is 0 Å². The number of benzene rings is 9. The van der Waals surface area contributed by atoms with Crippen molar-refractivity contribution in [2.24, 2.45) is 0 Å². The quantitative estimate of drug-likeness (QED) is 0.176. The van der Waals surface area contributed by atoms with Crippen molar-refractivity contribution in [3.8, 4) is 56.0 Å². The summed E-state index contributed by atoms with van der Waals surface area (Å²) >= 11 is 0. The normalized spacial score (nSPS) is 12.1. The van der Waals surface area contributed by atoms with Gasteiger partial charge in [-0.1, -0.05) is 127 Å². The maximum absolute atomic E-state index is 5.16. The summed E-state index contributed by atoms with van der Waals surface area (Å²) in [6.45, 7) is 0. The van der Waals surface area contributed by atoms with Crippen LogP contribution >= 0.6 is 0 Å². The molecule has 58 heavy (non-hydrogen) atoms. The molecular formula is C55H33N3. The van der Waals surface area contributed by atoms with E-state index in [0.29, 0.717) is 0 Å². The first kappa shape index (κ1) is 31.5. The maximum Gasteiger partial charge on any atom is 0.0787 e. The van der Waals surface area contributed by atoms with Crippen LogP contribution in [0, 0.1) is 0 Å². The van der Waals surface area contributed by atoms with E-state index in [-0.39, 0.29) is 0 Å². The molecule has 0 saturated carbocycles. The van der Waals surface area contributed by atoms with Crippen molar-refractivity contribution in [2.75, 3.05) is 0 Å². The third-order valence-corrected chi connectivity index (χ3v) is 12.4. The molecule has 0 amide bonds. The van der Waals surface area contributed by atoms with Crippen LogP contribution in [0.1, 0.15) is 0 Å². The number of hydrogen-bond donors (Lipinski definition) is 0. The van der Waals surface area contributed by atoms with E-state index >= 15 is 0 Å². The van der Waals surface area contributed by atoms with Crippen molar-refractivity contribution in [3.05, 3.63) is 200 Å². The summed E-state index contributed by atoms with van der Waals surface area (Å²) in [5.41, 5.74) is 16.6. The van der Waals surface area contributed by atoms with Gasteiger partial charge in [-0.2, -0.15) is 0 Å². The van der Waals surface area contributed by atoms with Gasteiger partial charge in [0.15, 0.2) is 0 Å². The highest BCUT2D eigenvalue weighted by Crippen LogP contribution is 2.50. The lowest BCUT2D eigenvalue weighted by Crippen LogP contribution is -1.96. The molecule has 0 N–H and O–H groups in total. The second kappa shape index (κ2) is 11.9. The van der Waals surface area contributed by atoms with Gasteiger partial charge in [0.2, 0.25) is 0 Å². The summed E-state index contributed by atoms with van der Waals surface area (Å²) in [6.07, 6.45) is 2.04. The molecule has 3 nitrogen and oxygen atoms in total. The maximum atomic E-state index is 5.16. The summed E-state index contributed by atoms with van der Waals surface area (Å²) in [6, 6.07) is 71.1. The number of aromatic nitrogens is 3. The molecule has 3 heterocycles. The summed E-state index contributed by atoms with van der Waals surface area (Å²) in [5, 5.41) is 9.91. The van der Waals surface area contributed by atoms with E-state index in [9.17, 15) is 0 Å². The molecule has 0 atom stereocenters. The predicted molar refractivity (Wildman–Crippen MR) is 243 cm³/mol. The van der Waals surface area contributed by atoms with Crippen LogP contribution in [-0.4, -0.2) is 14.1 Å².